The summed E-state index contributed by atoms with van der Waals surface area (Å²) >= 11 is 3.47. The van der Waals surface area contributed by atoms with E-state index >= 15 is 0 Å². The van der Waals surface area contributed by atoms with Gasteiger partial charge in [-0.2, -0.15) is 0 Å². The summed E-state index contributed by atoms with van der Waals surface area (Å²) in [6, 6.07) is 11.1. The van der Waals surface area contributed by atoms with Crippen LogP contribution in [0, 0.1) is 0 Å². The molecular weight excluding hydrogens is 316 g/mol. The Kier molecular flexibility index (Phi) is 4.41. The van der Waals surface area contributed by atoms with Crippen LogP contribution in [0.2, 0.25) is 0 Å². The fourth-order valence-corrected chi connectivity index (χ4v) is 3.73. The summed E-state index contributed by atoms with van der Waals surface area (Å²) in [7, 11) is 0. The number of nitrogens with zero attached hydrogens (tertiary/aromatic N) is 2. The molecule has 0 aliphatic carbocycles. The van der Waals surface area contributed by atoms with Gasteiger partial charge >= 0.3 is 0 Å². The van der Waals surface area contributed by atoms with Crippen LogP contribution in [0.15, 0.2) is 30.3 Å². The maximum atomic E-state index is 12.0. The Balaban J connectivity index is 1.51. The summed E-state index contributed by atoms with van der Waals surface area (Å²) in [5.41, 5.74) is 1.38. The van der Waals surface area contributed by atoms with Crippen molar-refractivity contribution in [1.82, 2.24) is 9.80 Å². The summed E-state index contributed by atoms with van der Waals surface area (Å²) < 4.78 is 0. The Morgan fingerprint density at radius 2 is 1.75 bits per heavy atom. The maximum absolute atomic E-state index is 12.0. The van der Waals surface area contributed by atoms with Crippen LogP contribution in [-0.4, -0.2) is 46.2 Å². The van der Waals surface area contributed by atoms with Gasteiger partial charge in [0.05, 0.1) is 4.83 Å². The number of halogens is 1. The highest BCUT2D eigenvalue weighted by molar-refractivity contribution is 9.10. The second-order valence-corrected chi connectivity index (χ2v) is 6.89. The summed E-state index contributed by atoms with van der Waals surface area (Å²) in [6.07, 6.45) is 3.18. The quantitative estimate of drug-likeness (QED) is 0.792. The van der Waals surface area contributed by atoms with E-state index in [1.54, 1.807) is 0 Å². The SMILES string of the molecule is O=C1C(Br)CCN1C1CCN(Cc2ccccc2)CC1. The molecule has 0 N–H and O–H groups in total. The standard InChI is InChI=1S/C16H21BrN2O/c17-15-8-11-19(16(15)20)14-6-9-18(10-7-14)12-13-4-2-1-3-5-13/h1-5,14-15H,6-12H2. The Hall–Kier alpha value is -0.870. The van der Waals surface area contributed by atoms with E-state index in [2.05, 4.69) is 56.1 Å². The molecule has 2 saturated heterocycles. The van der Waals surface area contributed by atoms with Gasteiger partial charge in [-0.25, -0.2) is 0 Å². The van der Waals surface area contributed by atoms with Gasteiger partial charge in [0.15, 0.2) is 0 Å². The van der Waals surface area contributed by atoms with Crippen molar-refractivity contribution < 1.29 is 4.79 Å². The van der Waals surface area contributed by atoms with Gasteiger partial charge in [0.2, 0.25) is 5.91 Å². The predicted molar refractivity (Wildman–Crippen MR) is 83.8 cm³/mol. The van der Waals surface area contributed by atoms with Crippen molar-refractivity contribution in [2.45, 2.75) is 36.7 Å². The molecule has 0 bridgehead atoms. The molecule has 2 aliphatic rings. The molecule has 2 fully saturated rings. The second kappa shape index (κ2) is 6.27. The predicted octanol–water partition coefficient (Wildman–Crippen LogP) is 2.65. The molecule has 2 heterocycles. The third-order valence-corrected chi connectivity index (χ3v) is 5.27. The lowest BCUT2D eigenvalue weighted by Crippen LogP contribution is -2.45. The van der Waals surface area contributed by atoms with Gasteiger partial charge in [-0.05, 0) is 24.8 Å². The largest absolute Gasteiger partial charge is 0.339 e. The second-order valence-electron chi connectivity index (χ2n) is 5.78. The fourth-order valence-electron chi connectivity index (χ4n) is 3.26. The van der Waals surface area contributed by atoms with Gasteiger partial charge < -0.3 is 4.90 Å². The van der Waals surface area contributed by atoms with Crippen molar-refractivity contribution >= 4 is 21.8 Å². The third kappa shape index (κ3) is 3.07. The van der Waals surface area contributed by atoms with Crippen LogP contribution >= 0.6 is 15.9 Å². The van der Waals surface area contributed by atoms with Crippen LogP contribution in [0.1, 0.15) is 24.8 Å². The first-order valence-electron chi connectivity index (χ1n) is 7.45. The minimum Gasteiger partial charge on any atom is -0.339 e. The van der Waals surface area contributed by atoms with E-state index in [9.17, 15) is 4.79 Å². The Labute approximate surface area is 129 Å². The van der Waals surface area contributed by atoms with Crippen LogP contribution in [-0.2, 0) is 11.3 Å². The van der Waals surface area contributed by atoms with Crippen LogP contribution in [0.25, 0.3) is 0 Å². The lowest BCUT2D eigenvalue weighted by molar-refractivity contribution is -0.130. The summed E-state index contributed by atoms with van der Waals surface area (Å²) in [5, 5.41) is 0. The molecule has 1 amide bonds. The van der Waals surface area contributed by atoms with Gasteiger partial charge in [0, 0.05) is 32.2 Å². The number of carbonyl (C=O) groups excluding carboxylic acids is 1. The molecule has 2 aliphatic heterocycles. The molecule has 1 aromatic rings. The number of amides is 1. The van der Waals surface area contributed by atoms with E-state index in [1.165, 1.54) is 5.56 Å². The van der Waals surface area contributed by atoms with Crippen LogP contribution in [0.5, 0.6) is 0 Å². The number of hydrogen-bond acceptors (Lipinski definition) is 2. The van der Waals surface area contributed by atoms with Crippen molar-refractivity contribution in [3.8, 4) is 0 Å². The van der Waals surface area contributed by atoms with E-state index in [-0.39, 0.29) is 4.83 Å². The average molecular weight is 337 g/mol. The zero-order valence-corrected chi connectivity index (χ0v) is 13.3. The van der Waals surface area contributed by atoms with Crippen molar-refractivity contribution in [3.05, 3.63) is 35.9 Å². The van der Waals surface area contributed by atoms with Gasteiger partial charge in [0.1, 0.15) is 0 Å². The number of carbonyl (C=O) groups is 1. The van der Waals surface area contributed by atoms with Gasteiger partial charge in [-0.1, -0.05) is 46.3 Å². The number of alkyl halides is 1. The first-order valence-corrected chi connectivity index (χ1v) is 8.36. The highest BCUT2D eigenvalue weighted by Gasteiger charge is 2.35. The number of benzene rings is 1. The van der Waals surface area contributed by atoms with Crippen molar-refractivity contribution in [3.63, 3.8) is 0 Å². The Morgan fingerprint density at radius 3 is 2.35 bits per heavy atom. The molecule has 0 spiro atoms. The highest BCUT2D eigenvalue weighted by Crippen LogP contribution is 2.26. The zero-order valence-electron chi connectivity index (χ0n) is 11.7. The summed E-state index contributed by atoms with van der Waals surface area (Å²) in [4.78, 5) is 16.7. The van der Waals surface area contributed by atoms with E-state index in [4.69, 9.17) is 0 Å². The van der Waals surface area contributed by atoms with E-state index in [0.29, 0.717) is 11.9 Å². The molecule has 4 heteroatoms. The number of rotatable bonds is 3. The Bertz CT molecular complexity index is 457. The molecule has 0 radical (unpaired) electrons. The van der Waals surface area contributed by atoms with Crippen molar-refractivity contribution in [2.75, 3.05) is 19.6 Å². The molecule has 1 aromatic carbocycles. The minimum absolute atomic E-state index is 0.0600. The topological polar surface area (TPSA) is 23.6 Å². The molecule has 20 heavy (non-hydrogen) atoms. The van der Waals surface area contributed by atoms with Gasteiger partial charge in [-0.15, -0.1) is 0 Å². The molecule has 0 aromatic heterocycles. The summed E-state index contributed by atoms with van der Waals surface area (Å²) in [5.74, 6) is 0.298. The smallest absolute Gasteiger partial charge is 0.236 e. The molecule has 1 unspecified atom stereocenters. The van der Waals surface area contributed by atoms with Crippen molar-refractivity contribution in [2.24, 2.45) is 0 Å². The monoisotopic (exact) mass is 336 g/mol. The van der Waals surface area contributed by atoms with E-state index in [0.717, 1.165) is 45.4 Å². The molecule has 3 rings (SSSR count). The normalized spacial score (nSPS) is 25.4. The lowest BCUT2D eigenvalue weighted by Gasteiger charge is -2.36. The molecular formula is C16H21BrN2O. The highest BCUT2D eigenvalue weighted by atomic mass is 79.9. The van der Waals surface area contributed by atoms with E-state index < -0.39 is 0 Å². The van der Waals surface area contributed by atoms with Crippen LogP contribution in [0.3, 0.4) is 0 Å². The molecule has 0 saturated carbocycles. The lowest BCUT2D eigenvalue weighted by atomic mass is 10.0. The molecule has 1 atom stereocenters. The van der Waals surface area contributed by atoms with E-state index in [1.807, 2.05) is 0 Å². The van der Waals surface area contributed by atoms with Gasteiger partial charge in [-0.3, -0.25) is 9.69 Å². The molecule has 3 nitrogen and oxygen atoms in total. The number of piperidine rings is 1. The minimum atomic E-state index is 0.0600. The summed E-state index contributed by atoms with van der Waals surface area (Å²) in [6.45, 7) is 4.15. The van der Waals surface area contributed by atoms with Crippen LogP contribution in [0.4, 0.5) is 0 Å². The number of likely N-dealkylation sites (tertiary alicyclic amines) is 2. The van der Waals surface area contributed by atoms with Crippen LogP contribution < -0.4 is 0 Å². The maximum Gasteiger partial charge on any atom is 0.236 e. The van der Waals surface area contributed by atoms with Crippen molar-refractivity contribution in [1.29, 1.82) is 0 Å². The fraction of sp³-hybridized carbons (Fsp3) is 0.562. The Morgan fingerprint density at radius 1 is 1.05 bits per heavy atom. The molecule has 108 valence electrons. The number of hydrogen-bond donors (Lipinski definition) is 0. The first-order chi connectivity index (χ1) is 9.74. The zero-order chi connectivity index (χ0) is 13.9. The average Bonchev–Trinajstić information content (AvgIpc) is 2.81. The third-order valence-electron chi connectivity index (χ3n) is 4.42. The first kappa shape index (κ1) is 14.1. The van der Waals surface area contributed by atoms with Gasteiger partial charge in [0.25, 0.3) is 0 Å².